The molecule has 0 bridgehead atoms. The van der Waals surface area contributed by atoms with Gasteiger partial charge in [-0.2, -0.15) is 0 Å². The van der Waals surface area contributed by atoms with Gasteiger partial charge in [0.25, 0.3) is 0 Å². The molecule has 4 aliphatic rings. The largest absolute Gasteiger partial charge is 0.351 e. The summed E-state index contributed by atoms with van der Waals surface area (Å²) in [6.07, 6.45) is 14.4. The number of likely N-dealkylation sites (tertiary alicyclic amines) is 1. The number of rotatable bonds is 1. The molecule has 1 aliphatic heterocycles. The zero-order valence-corrected chi connectivity index (χ0v) is 15.8. The van der Waals surface area contributed by atoms with E-state index in [1.807, 2.05) is 0 Å². The molecule has 0 aromatic carbocycles. The Morgan fingerprint density at radius 1 is 1.09 bits per heavy atom. The predicted molar refractivity (Wildman–Crippen MR) is 97.7 cm³/mol. The normalized spacial score (nSPS) is 52.3. The van der Waals surface area contributed by atoms with Crippen molar-refractivity contribution in [3.63, 3.8) is 0 Å². The average molecular weight is 314 g/mol. The zero-order valence-electron chi connectivity index (χ0n) is 15.8. The number of hydrogen-bond acceptors (Lipinski definition) is 1. The Labute approximate surface area is 143 Å². The van der Waals surface area contributed by atoms with E-state index in [1.165, 1.54) is 38.6 Å². The molecule has 0 amide bonds. The van der Waals surface area contributed by atoms with Gasteiger partial charge >= 0.3 is 0 Å². The molecule has 2 saturated carbocycles. The summed E-state index contributed by atoms with van der Waals surface area (Å²) in [5.41, 5.74) is 2.71. The average Bonchev–Trinajstić information content (AvgIpc) is 2.99. The number of hydrogen-bond donors (Lipinski definition) is 0. The van der Waals surface area contributed by atoms with Gasteiger partial charge in [-0.1, -0.05) is 39.8 Å². The van der Waals surface area contributed by atoms with Crippen molar-refractivity contribution in [1.82, 2.24) is 4.90 Å². The molecular formula is C22H35N. The van der Waals surface area contributed by atoms with E-state index in [0.717, 1.165) is 29.6 Å². The lowest BCUT2D eigenvalue weighted by Gasteiger charge is -2.57. The van der Waals surface area contributed by atoms with Gasteiger partial charge in [0.15, 0.2) is 0 Å². The van der Waals surface area contributed by atoms with Gasteiger partial charge in [-0.05, 0) is 80.2 Å². The fourth-order valence-corrected chi connectivity index (χ4v) is 7.22. The molecule has 3 aliphatic carbocycles. The van der Waals surface area contributed by atoms with E-state index in [2.05, 4.69) is 57.9 Å². The standard InChI is InChI=1S/C22H35N/c1-6-12-23-13-11-22(5)18-9-10-21(4)16(3)7-8-17(21)20(18)15(2)14-19(22)23/h6,12,14-18,20H,7-11,13H2,1-5H3/b12-6-. The maximum atomic E-state index is 2.67. The van der Waals surface area contributed by atoms with Crippen molar-refractivity contribution in [2.45, 2.75) is 66.7 Å². The molecule has 23 heavy (non-hydrogen) atoms. The monoisotopic (exact) mass is 313 g/mol. The first-order chi connectivity index (χ1) is 10.9. The van der Waals surface area contributed by atoms with E-state index in [0.29, 0.717) is 10.8 Å². The minimum absolute atomic E-state index is 0.434. The maximum Gasteiger partial charge on any atom is 0.0231 e. The van der Waals surface area contributed by atoms with Crippen molar-refractivity contribution in [3.05, 3.63) is 24.0 Å². The zero-order chi connectivity index (χ0) is 16.4. The maximum absolute atomic E-state index is 2.67. The van der Waals surface area contributed by atoms with Crippen molar-refractivity contribution in [3.8, 4) is 0 Å². The highest BCUT2D eigenvalue weighted by molar-refractivity contribution is 5.28. The predicted octanol–water partition coefficient (Wildman–Crippen LogP) is 5.84. The molecule has 0 aromatic rings. The van der Waals surface area contributed by atoms with E-state index in [-0.39, 0.29) is 0 Å². The van der Waals surface area contributed by atoms with E-state index >= 15 is 0 Å². The molecule has 1 saturated heterocycles. The molecule has 0 radical (unpaired) electrons. The highest BCUT2D eigenvalue weighted by Crippen LogP contribution is 2.67. The number of fused-ring (bicyclic) bond motifs is 5. The second-order valence-corrected chi connectivity index (χ2v) is 9.57. The van der Waals surface area contributed by atoms with Gasteiger partial charge in [0.2, 0.25) is 0 Å². The van der Waals surface area contributed by atoms with Crippen LogP contribution >= 0.6 is 0 Å². The summed E-state index contributed by atoms with van der Waals surface area (Å²) in [6.45, 7) is 13.6. The van der Waals surface area contributed by atoms with Crippen LogP contribution in [0.3, 0.4) is 0 Å². The highest BCUT2D eigenvalue weighted by Gasteiger charge is 2.60. The molecule has 0 aromatic heterocycles. The molecule has 7 unspecified atom stereocenters. The lowest BCUT2D eigenvalue weighted by molar-refractivity contribution is -0.0486. The summed E-state index contributed by atoms with van der Waals surface area (Å²) in [5, 5.41) is 0. The highest BCUT2D eigenvalue weighted by atomic mass is 15.2. The van der Waals surface area contributed by atoms with Crippen LogP contribution in [0.5, 0.6) is 0 Å². The SMILES string of the molecule is C/C=C\N1CCC2(C)C1=CC(C)C1C2CCC2(C)C(C)CCC12. The van der Waals surface area contributed by atoms with Crippen LogP contribution in [-0.2, 0) is 0 Å². The summed E-state index contributed by atoms with van der Waals surface area (Å²) in [6, 6.07) is 0. The first-order valence-electron chi connectivity index (χ1n) is 10.0. The van der Waals surface area contributed by atoms with Crippen LogP contribution in [0.15, 0.2) is 24.0 Å². The second-order valence-electron chi connectivity index (χ2n) is 9.57. The van der Waals surface area contributed by atoms with E-state index in [1.54, 1.807) is 5.70 Å². The molecule has 1 nitrogen and oxygen atoms in total. The molecule has 128 valence electrons. The summed E-state index contributed by atoms with van der Waals surface area (Å²) in [4.78, 5) is 2.55. The lowest BCUT2D eigenvalue weighted by atomic mass is 9.48. The summed E-state index contributed by atoms with van der Waals surface area (Å²) < 4.78 is 0. The topological polar surface area (TPSA) is 3.24 Å². The van der Waals surface area contributed by atoms with Gasteiger partial charge in [-0.25, -0.2) is 0 Å². The fourth-order valence-electron chi connectivity index (χ4n) is 7.22. The van der Waals surface area contributed by atoms with Crippen LogP contribution in [-0.4, -0.2) is 11.4 Å². The Balaban J connectivity index is 1.74. The third-order valence-corrected chi connectivity index (χ3v) is 8.75. The van der Waals surface area contributed by atoms with Gasteiger partial charge in [-0.3, -0.25) is 0 Å². The molecule has 1 heteroatoms. The molecule has 7 atom stereocenters. The van der Waals surface area contributed by atoms with Crippen molar-refractivity contribution in [2.75, 3.05) is 6.54 Å². The summed E-state index contributed by atoms with van der Waals surface area (Å²) in [7, 11) is 0. The fraction of sp³-hybridized carbons (Fsp3) is 0.818. The van der Waals surface area contributed by atoms with E-state index in [9.17, 15) is 0 Å². The molecule has 3 fully saturated rings. The Kier molecular flexibility index (Phi) is 3.53. The first kappa shape index (κ1) is 15.8. The number of nitrogens with zero attached hydrogens (tertiary/aromatic N) is 1. The Morgan fingerprint density at radius 3 is 2.61 bits per heavy atom. The minimum Gasteiger partial charge on any atom is -0.351 e. The van der Waals surface area contributed by atoms with Crippen LogP contribution < -0.4 is 0 Å². The third-order valence-electron chi connectivity index (χ3n) is 8.75. The quantitative estimate of drug-likeness (QED) is 0.587. The molecule has 1 heterocycles. The van der Waals surface area contributed by atoms with Gasteiger partial charge in [0.05, 0.1) is 0 Å². The van der Waals surface area contributed by atoms with Crippen LogP contribution in [0.4, 0.5) is 0 Å². The Hall–Kier alpha value is -0.720. The third kappa shape index (κ3) is 1.98. The van der Waals surface area contributed by atoms with E-state index in [4.69, 9.17) is 0 Å². The van der Waals surface area contributed by atoms with E-state index < -0.39 is 0 Å². The Bertz CT molecular complexity index is 546. The smallest absolute Gasteiger partial charge is 0.0231 e. The number of allylic oxidation sites excluding steroid dienone is 3. The van der Waals surface area contributed by atoms with Crippen molar-refractivity contribution in [2.24, 2.45) is 40.4 Å². The van der Waals surface area contributed by atoms with Crippen LogP contribution in [0.25, 0.3) is 0 Å². The van der Waals surface area contributed by atoms with Crippen molar-refractivity contribution >= 4 is 0 Å². The van der Waals surface area contributed by atoms with Crippen LogP contribution in [0.2, 0.25) is 0 Å². The first-order valence-corrected chi connectivity index (χ1v) is 10.0. The lowest BCUT2D eigenvalue weighted by Crippen LogP contribution is -2.50. The summed E-state index contributed by atoms with van der Waals surface area (Å²) in [5.74, 6) is 4.50. The van der Waals surface area contributed by atoms with Crippen LogP contribution in [0.1, 0.15) is 66.7 Å². The van der Waals surface area contributed by atoms with Crippen LogP contribution in [0, 0.1) is 40.4 Å². The van der Waals surface area contributed by atoms with Gasteiger partial charge in [0, 0.05) is 17.7 Å². The van der Waals surface area contributed by atoms with Gasteiger partial charge in [-0.15, -0.1) is 0 Å². The molecule has 4 rings (SSSR count). The van der Waals surface area contributed by atoms with Crippen molar-refractivity contribution < 1.29 is 0 Å². The molecular weight excluding hydrogens is 278 g/mol. The van der Waals surface area contributed by atoms with Gasteiger partial charge in [0.1, 0.15) is 0 Å². The van der Waals surface area contributed by atoms with Gasteiger partial charge < -0.3 is 4.90 Å². The van der Waals surface area contributed by atoms with Crippen molar-refractivity contribution in [1.29, 1.82) is 0 Å². The molecule has 0 spiro atoms. The minimum atomic E-state index is 0.434. The second kappa shape index (κ2) is 5.14. The summed E-state index contributed by atoms with van der Waals surface area (Å²) >= 11 is 0. The molecule has 0 N–H and O–H groups in total. The Morgan fingerprint density at radius 2 is 1.87 bits per heavy atom.